The van der Waals surface area contributed by atoms with E-state index in [1.807, 2.05) is 12.1 Å². The van der Waals surface area contributed by atoms with E-state index in [-0.39, 0.29) is 30.7 Å². The number of likely N-dealkylation sites (tertiary alicyclic amines) is 1. The van der Waals surface area contributed by atoms with E-state index in [1.54, 1.807) is 11.8 Å². The van der Waals surface area contributed by atoms with Gasteiger partial charge in [0.25, 0.3) is 0 Å². The minimum atomic E-state index is -0.377. The summed E-state index contributed by atoms with van der Waals surface area (Å²) in [6, 6.07) is 12.7. The molecule has 0 atom stereocenters. The summed E-state index contributed by atoms with van der Waals surface area (Å²) in [6.07, 6.45) is 3.05. The molecule has 0 saturated carbocycles. The number of amides is 1. The molecule has 1 amide bonds. The van der Waals surface area contributed by atoms with Crippen LogP contribution in [0.15, 0.2) is 46.2 Å². The van der Waals surface area contributed by atoms with Crippen molar-refractivity contribution in [1.82, 2.24) is 4.90 Å². The monoisotopic (exact) mass is 454 g/mol. The number of anilines is 1. The standard InChI is InChI=1S/C21H26N4OS.2ClH/c22-7-10-25-8-5-16(6-9-25)24-18-12-15(21(23)26)13-20-17(18)11-14-3-1-2-4-19(14)27-20;;/h1-4,12-13,16,24H,5-11,22H2,(H2,23,26);2*1H. The molecule has 1 fully saturated rings. The largest absolute Gasteiger partial charge is 0.382 e. The molecule has 0 aromatic heterocycles. The molecule has 5 nitrogen and oxygen atoms in total. The van der Waals surface area contributed by atoms with Crippen molar-refractivity contribution in [3.63, 3.8) is 0 Å². The Morgan fingerprint density at radius 2 is 1.86 bits per heavy atom. The molecule has 29 heavy (non-hydrogen) atoms. The first kappa shape index (κ1) is 23.8. The number of fused-ring (bicyclic) bond motifs is 2. The molecule has 2 aromatic carbocycles. The van der Waals surface area contributed by atoms with Crippen LogP contribution >= 0.6 is 36.6 Å². The van der Waals surface area contributed by atoms with Crippen molar-refractivity contribution < 1.29 is 4.79 Å². The zero-order valence-electron chi connectivity index (χ0n) is 16.2. The zero-order valence-corrected chi connectivity index (χ0v) is 18.7. The fourth-order valence-corrected chi connectivity index (χ4v) is 5.10. The van der Waals surface area contributed by atoms with E-state index in [0.29, 0.717) is 18.2 Å². The Hall–Kier alpha value is -1.44. The van der Waals surface area contributed by atoms with Gasteiger partial charge in [0.2, 0.25) is 5.91 Å². The van der Waals surface area contributed by atoms with E-state index >= 15 is 0 Å². The molecule has 2 aliphatic heterocycles. The molecule has 0 spiro atoms. The average Bonchev–Trinajstić information content (AvgIpc) is 2.68. The van der Waals surface area contributed by atoms with Crippen LogP contribution in [0, 0.1) is 0 Å². The molecule has 0 radical (unpaired) electrons. The van der Waals surface area contributed by atoms with Gasteiger partial charge in [-0.05, 0) is 42.2 Å². The quantitative estimate of drug-likeness (QED) is 0.548. The van der Waals surface area contributed by atoms with Gasteiger partial charge in [0.1, 0.15) is 0 Å². The molecule has 1 saturated heterocycles. The Morgan fingerprint density at radius 3 is 2.55 bits per heavy atom. The van der Waals surface area contributed by atoms with Crippen LogP contribution in [0.1, 0.15) is 34.3 Å². The number of hydrogen-bond donors (Lipinski definition) is 3. The van der Waals surface area contributed by atoms with Crippen LogP contribution in [-0.2, 0) is 6.42 Å². The second kappa shape index (κ2) is 10.5. The molecule has 0 aliphatic carbocycles. The second-order valence-electron chi connectivity index (χ2n) is 7.30. The molecule has 2 aromatic rings. The number of rotatable bonds is 5. The Morgan fingerprint density at radius 1 is 1.14 bits per heavy atom. The highest BCUT2D eigenvalue weighted by molar-refractivity contribution is 7.99. The normalized spacial score (nSPS) is 16.0. The maximum Gasteiger partial charge on any atom is 0.248 e. The molecule has 5 N–H and O–H groups in total. The van der Waals surface area contributed by atoms with Crippen LogP contribution < -0.4 is 16.8 Å². The maximum atomic E-state index is 11.9. The molecule has 8 heteroatoms. The number of hydrogen-bond acceptors (Lipinski definition) is 5. The fraction of sp³-hybridized carbons (Fsp3) is 0.381. The summed E-state index contributed by atoms with van der Waals surface area (Å²) in [6.45, 7) is 3.80. The number of piperidine rings is 1. The van der Waals surface area contributed by atoms with Crippen molar-refractivity contribution in [2.45, 2.75) is 35.1 Å². The van der Waals surface area contributed by atoms with Crippen LogP contribution in [0.2, 0.25) is 0 Å². The van der Waals surface area contributed by atoms with E-state index in [1.165, 1.54) is 16.0 Å². The van der Waals surface area contributed by atoms with Crippen molar-refractivity contribution in [2.75, 3.05) is 31.5 Å². The van der Waals surface area contributed by atoms with E-state index in [0.717, 1.165) is 49.5 Å². The third-order valence-electron chi connectivity index (χ3n) is 5.45. The summed E-state index contributed by atoms with van der Waals surface area (Å²) in [7, 11) is 0. The Bertz CT molecular complexity index is 857. The topological polar surface area (TPSA) is 84.4 Å². The molecular formula is C21H28Cl2N4OS. The lowest BCUT2D eigenvalue weighted by Gasteiger charge is -2.33. The van der Waals surface area contributed by atoms with E-state index in [4.69, 9.17) is 11.5 Å². The number of primary amides is 1. The molecule has 0 unspecified atom stereocenters. The van der Waals surface area contributed by atoms with Gasteiger partial charge in [-0.1, -0.05) is 30.0 Å². The molecule has 2 heterocycles. The first-order valence-electron chi connectivity index (χ1n) is 9.55. The van der Waals surface area contributed by atoms with Crippen molar-refractivity contribution in [3.05, 3.63) is 53.1 Å². The molecule has 2 aliphatic rings. The number of nitrogens with zero attached hydrogens (tertiary/aromatic N) is 1. The highest BCUT2D eigenvalue weighted by atomic mass is 35.5. The number of carbonyl (C=O) groups excluding carboxylic acids is 1. The lowest BCUT2D eigenvalue weighted by Crippen LogP contribution is -2.41. The van der Waals surface area contributed by atoms with Gasteiger partial charge in [-0.15, -0.1) is 24.8 Å². The van der Waals surface area contributed by atoms with Gasteiger partial charge in [-0.2, -0.15) is 0 Å². The van der Waals surface area contributed by atoms with Gasteiger partial charge in [0, 0.05) is 59.7 Å². The SMILES string of the molecule is Cl.Cl.NCCN1CCC(Nc2cc(C(N)=O)cc3c2Cc2ccccc2S3)CC1. The zero-order chi connectivity index (χ0) is 18.8. The highest BCUT2D eigenvalue weighted by Crippen LogP contribution is 2.43. The molecule has 158 valence electrons. The van der Waals surface area contributed by atoms with Gasteiger partial charge in [-0.3, -0.25) is 4.79 Å². The van der Waals surface area contributed by atoms with Gasteiger partial charge < -0.3 is 21.7 Å². The average molecular weight is 455 g/mol. The van der Waals surface area contributed by atoms with Crippen molar-refractivity contribution in [1.29, 1.82) is 0 Å². The van der Waals surface area contributed by atoms with Gasteiger partial charge in [0.05, 0.1) is 0 Å². The Labute approximate surface area is 188 Å². The van der Waals surface area contributed by atoms with Crippen molar-refractivity contribution in [2.24, 2.45) is 11.5 Å². The predicted molar refractivity (Wildman–Crippen MR) is 125 cm³/mol. The third kappa shape index (κ3) is 5.38. The molecule has 4 rings (SSSR count). The summed E-state index contributed by atoms with van der Waals surface area (Å²) in [5, 5.41) is 3.72. The predicted octanol–water partition coefficient (Wildman–Crippen LogP) is 3.52. The van der Waals surface area contributed by atoms with E-state index in [9.17, 15) is 4.79 Å². The van der Waals surface area contributed by atoms with Gasteiger partial charge in [0.15, 0.2) is 0 Å². The van der Waals surface area contributed by atoms with E-state index < -0.39 is 0 Å². The Kier molecular flexibility index (Phi) is 8.67. The van der Waals surface area contributed by atoms with Crippen LogP contribution in [0.4, 0.5) is 5.69 Å². The molecule has 0 bridgehead atoms. The minimum absolute atomic E-state index is 0. The second-order valence-corrected chi connectivity index (χ2v) is 8.38. The third-order valence-corrected chi connectivity index (χ3v) is 6.65. The number of carbonyl (C=O) groups is 1. The maximum absolute atomic E-state index is 11.9. The summed E-state index contributed by atoms with van der Waals surface area (Å²) in [5.74, 6) is -0.377. The minimum Gasteiger partial charge on any atom is -0.382 e. The van der Waals surface area contributed by atoms with Gasteiger partial charge >= 0.3 is 0 Å². The van der Waals surface area contributed by atoms with Crippen LogP contribution in [0.5, 0.6) is 0 Å². The van der Waals surface area contributed by atoms with Crippen LogP contribution in [0.3, 0.4) is 0 Å². The summed E-state index contributed by atoms with van der Waals surface area (Å²) in [4.78, 5) is 16.7. The summed E-state index contributed by atoms with van der Waals surface area (Å²) in [5.41, 5.74) is 15.5. The first-order chi connectivity index (χ1) is 13.1. The number of halogens is 2. The summed E-state index contributed by atoms with van der Waals surface area (Å²) >= 11 is 1.73. The van der Waals surface area contributed by atoms with E-state index in [2.05, 4.69) is 34.5 Å². The number of benzene rings is 2. The Balaban J connectivity index is 0.00000150. The lowest BCUT2D eigenvalue weighted by atomic mass is 9.98. The van der Waals surface area contributed by atoms with Gasteiger partial charge in [-0.25, -0.2) is 0 Å². The van der Waals surface area contributed by atoms with Crippen molar-refractivity contribution in [3.8, 4) is 0 Å². The number of nitrogens with one attached hydrogen (secondary N) is 1. The number of nitrogens with two attached hydrogens (primary N) is 2. The van der Waals surface area contributed by atoms with Crippen LogP contribution in [0.25, 0.3) is 0 Å². The van der Waals surface area contributed by atoms with Crippen LogP contribution in [-0.4, -0.2) is 43.0 Å². The smallest absolute Gasteiger partial charge is 0.248 e. The molecular weight excluding hydrogens is 427 g/mol. The first-order valence-corrected chi connectivity index (χ1v) is 10.4. The lowest BCUT2D eigenvalue weighted by molar-refractivity contribution is 0.1000. The van der Waals surface area contributed by atoms with Crippen molar-refractivity contribution >= 4 is 48.2 Å². The highest BCUT2D eigenvalue weighted by Gasteiger charge is 2.24. The summed E-state index contributed by atoms with van der Waals surface area (Å²) < 4.78 is 0. The fourth-order valence-electron chi connectivity index (χ4n) is 3.95.